The normalized spacial score (nSPS) is 16.9. The number of aromatic nitrogens is 2. The molecule has 6 heterocycles. The Morgan fingerprint density at radius 1 is 0.406 bits per heavy atom. The molecule has 0 saturated heterocycles. The van der Waals surface area contributed by atoms with Crippen LogP contribution in [0, 0.1) is 0 Å². The standard InChI is InChI=1S/C32H16N8.C21H46N2.Cu/c1-2-10-18-17(9-1)25-33-26(18)38-28-21-13-5-6-14-22(21)30(35-28)40-32-24-16-8-7-15-23(24)31(36-32)39-29-20-12-4-3-11-19(20)27(34-29)37-25;1-2-3-4-5-6-7-8-9-10-11-12-13-14-15-16-17-20-23-21-18-19-22;/h1-16H;23H,2-22H2,1H3;/q-2;;+2. The van der Waals surface area contributed by atoms with Gasteiger partial charge in [-0.2, -0.15) is 0 Å². The molecule has 4 aliphatic rings. The van der Waals surface area contributed by atoms with Gasteiger partial charge in [0.2, 0.25) is 0 Å². The van der Waals surface area contributed by atoms with Crippen LogP contribution in [-0.2, 0) is 15.4 Å². The first kappa shape index (κ1) is 43.9. The molecule has 0 aliphatic carbocycles. The van der Waals surface area contributed by atoms with Crippen LogP contribution in [0.1, 0.15) is 138 Å². The number of benzene rings is 4. The van der Waals surface area contributed by atoms with Crippen LogP contribution in [0.3, 0.4) is 0 Å². The summed E-state index contributed by atoms with van der Waals surface area (Å²) in [5, 5.41) is 7.38. The Kier molecular flexibility index (Phi) is 14.8. The van der Waals surface area contributed by atoms with Crippen LogP contribution in [0.4, 0.5) is 11.6 Å². The summed E-state index contributed by atoms with van der Waals surface area (Å²) in [6, 6.07) is 32.8. The molecule has 0 saturated carbocycles. The van der Waals surface area contributed by atoms with Gasteiger partial charge >= 0.3 is 239 Å². The molecule has 0 atom stereocenters. The molecule has 3 N–H and O–H groups in total. The first-order valence-corrected chi connectivity index (χ1v) is 24.8. The molecule has 2 aromatic heterocycles. The van der Waals surface area contributed by atoms with Crippen molar-refractivity contribution in [3.63, 3.8) is 0 Å². The summed E-state index contributed by atoms with van der Waals surface area (Å²) in [7, 11) is 0. The van der Waals surface area contributed by atoms with Crippen LogP contribution in [0.5, 0.6) is 0 Å². The number of fused-ring (bicyclic) bond motifs is 14. The average molecular weight is 903 g/mol. The third-order valence-electron chi connectivity index (χ3n) is 12.5. The third kappa shape index (κ3) is 9.69. The van der Waals surface area contributed by atoms with Gasteiger partial charge in [-0.15, -0.1) is 0 Å². The Labute approximate surface area is 384 Å². The molecule has 6 bridgehead atoms. The summed E-state index contributed by atoms with van der Waals surface area (Å²) in [6.45, 7) is 5.38. The number of amidine groups is 4. The van der Waals surface area contributed by atoms with Crippen LogP contribution >= 0.6 is 0 Å². The first-order chi connectivity index (χ1) is 31.7. The van der Waals surface area contributed by atoms with Crippen LogP contribution in [0.15, 0.2) is 127 Å². The zero-order valence-electron chi connectivity index (χ0n) is 37.3. The molecule has 335 valence electrons. The fourth-order valence-corrected chi connectivity index (χ4v) is 10.2. The molecule has 4 aromatic carbocycles. The zero-order chi connectivity index (χ0) is 43.5. The van der Waals surface area contributed by atoms with Crippen molar-refractivity contribution in [2.24, 2.45) is 35.7 Å². The minimum atomic E-state index is 0.634. The van der Waals surface area contributed by atoms with Crippen LogP contribution in [-0.4, -0.2) is 50.1 Å². The van der Waals surface area contributed by atoms with Crippen molar-refractivity contribution < 1.29 is 15.4 Å². The first-order valence-electron chi connectivity index (χ1n) is 24.0. The second-order valence-electron chi connectivity index (χ2n) is 17.2. The summed E-state index contributed by atoms with van der Waals surface area (Å²) in [4.78, 5) is 30.8. The number of nitrogens with zero attached hydrogens (tertiary/aromatic N) is 8. The molecule has 10 nitrogen and oxygen atoms in total. The monoisotopic (exact) mass is 901 g/mol. The third-order valence-corrected chi connectivity index (χ3v) is 13.6. The van der Waals surface area contributed by atoms with Gasteiger partial charge in [0.25, 0.3) is 0 Å². The van der Waals surface area contributed by atoms with Gasteiger partial charge < -0.3 is 11.1 Å². The quantitative estimate of drug-likeness (QED) is 0.0585. The molecular weight excluding hydrogens is 840 g/mol. The number of hydrogen-bond acceptors (Lipinski definition) is 8. The number of rotatable bonds is 20. The van der Waals surface area contributed by atoms with E-state index in [2.05, 4.69) is 67.9 Å². The SMILES string of the molecule is CCCCCCCCCCCCCCCCCCNCCCN.c1ccc2c(c1)C1=NC/2=N\c2c3ccccc3c3[n]2[Cu][n]2/c(c4ccccc4/c2=N/C2=N\C(=N/3)c3ccccc32)=N\1. The van der Waals surface area contributed by atoms with Crippen LogP contribution in [0.25, 0.3) is 21.5 Å². The van der Waals surface area contributed by atoms with Gasteiger partial charge in [0.05, 0.1) is 0 Å². The molecule has 64 heavy (non-hydrogen) atoms. The number of nitrogens with two attached hydrogens (primary N) is 1. The molecular formula is C53H62CuN10. The topological polar surface area (TPSA) is 122 Å². The van der Waals surface area contributed by atoms with Crippen LogP contribution in [0.2, 0.25) is 0 Å². The van der Waals surface area contributed by atoms with Crippen molar-refractivity contribution in [3.05, 3.63) is 130 Å². The van der Waals surface area contributed by atoms with Crippen molar-refractivity contribution in [1.29, 1.82) is 0 Å². The average Bonchev–Trinajstić information content (AvgIpc) is 4.03. The summed E-state index contributed by atoms with van der Waals surface area (Å²) in [5.41, 5.74) is 10.8. The van der Waals surface area contributed by atoms with Crippen molar-refractivity contribution in [2.45, 2.75) is 116 Å². The number of aliphatic imine (C=N–C) groups is 4. The Hall–Kier alpha value is -5.32. The molecule has 0 unspecified atom stereocenters. The van der Waals surface area contributed by atoms with Gasteiger partial charge in [0.1, 0.15) is 0 Å². The summed E-state index contributed by atoms with van der Waals surface area (Å²) in [6.07, 6.45) is 24.2. The van der Waals surface area contributed by atoms with E-state index in [0.717, 1.165) is 85.9 Å². The summed E-state index contributed by atoms with van der Waals surface area (Å²) < 4.78 is 4.13. The molecule has 11 heteroatoms. The predicted molar refractivity (Wildman–Crippen MR) is 261 cm³/mol. The van der Waals surface area contributed by atoms with Crippen LogP contribution < -0.4 is 22.0 Å². The van der Waals surface area contributed by atoms with Crippen molar-refractivity contribution >= 4 is 56.5 Å². The summed E-state index contributed by atoms with van der Waals surface area (Å²) >= 11 is 1.62. The second kappa shape index (κ2) is 21.6. The maximum absolute atomic E-state index is 5.47. The van der Waals surface area contributed by atoms with E-state index >= 15 is 0 Å². The number of unbranched alkanes of at least 4 members (excludes halogenated alkanes) is 15. The van der Waals surface area contributed by atoms with E-state index in [-0.39, 0.29) is 0 Å². The Bertz CT molecular complexity index is 2660. The zero-order valence-corrected chi connectivity index (χ0v) is 38.3. The second-order valence-corrected chi connectivity index (χ2v) is 18.2. The molecule has 6 aromatic rings. The number of hydrogen-bond donors (Lipinski definition) is 2. The maximum atomic E-state index is 5.47. The molecule has 0 radical (unpaired) electrons. The molecule has 0 spiro atoms. The van der Waals surface area contributed by atoms with Crippen molar-refractivity contribution in [1.82, 2.24) is 12.5 Å². The van der Waals surface area contributed by atoms with Crippen molar-refractivity contribution in [3.8, 4) is 0 Å². The Morgan fingerprint density at radius 3 is 1.19 bits per heavy atom. The fraction of sp³-hybridized carbons (Fsp3) is 0.396. The molecule has 0 fully saturated rings. The van der Waals surface area contributed by atoms with Gasteiger partial charge in [-0.25, -0.2) is 0 Å². The van der Waals surface area contributed by atoms with E-state index in [0.29, 0.717) is 23.3 Å². The van der Waals surface area contributed by atoms with Gasteiger partial charge in [0.15, 0.2) is 0 Å². The summed E-state index contributed by atoms with van der Waals surface area (Å²) in [5.74, 6) is 4.04. The molecule has 0 amide bonds. The van der Waals surface area contributed by atoms with E-state index in [1.807, 2.05) is 48.5 Å². The van der Waals surface area contributed by atoms with Gasteiger partial charge in [0, 0.05) is 0 Å². The van der Waals surface area contributed by atoms with Gasteiger partial charge in [-0.05, 0) is 32.5 Å². The number of nitrogens with one attached hydrogen (secondary N) is 1. The molecule has 10 rings (SSSR count). The van der Waals surface area contributed by atoms with Gasteiger partial charge in [-0.1, -0.05) is 103 Å². The van der Waals surface area contributed by atoms with Crippen molar-refractivity contribution in [2.75, 3.05) is 19.6 Å². The predicted octanol–water partition coefficient (Wildman–Crippen LogP) is 11.0. The van der Waals surface area contributed by atoms with E-state index in [4.69, 9.17) is 35.7 Å². The van der Waals surface area contributed by atoms with E-state index in [1.54, 1.807) is 15.4 Å². The van der Waals surface area contributed by atoms with E-state index in [1.165, 1.54) is 109 Å². The Balaban J connectivity index is 0.000000195. The molecule has 4 aliphatic heterocycles. The fourth-order valence-electron chi connectivity index (χ4n) is 8.99. The van der Waals surface area contributed by atoms with E-state index < -0.39 is 0 Å². The Morgan fingerprint density at radius 2 is 0.766 bits per heavy atom. The van der Waals surface area contributed by atoms with Gasteiger partial charge in [-0.3, -0.25) is 0 Å². The minimum absolute atomic E-state index is 0.634. The van der Waals surface area contributed by atoms with E-state index in [9.17, 15) is 0 Å².